The first-order valence-electron chi connectivity index (χ1n) is 2.92. The van der Waals surface area contributed by atoms with Crippen LogP contribution in [0.25, 0.3) is 0 Å². The van der Waals surface area contributed by atoms with Crippen LogP contribution >= 0.6 is 11.9 Å². The summed E-state index contributed by atoms with van der Waals surface area (Å²) in [6.45, 7) is 5.10. The second-order valence-corrected chi connectivity index (χ2v) is 2.39. The molecular weight excluding hydrogens is 118 g/mol. The molecule has 1 rings (SSSR count). The van der Waals surface area contributed by atoms with E-state index < -0.39 is 0 Å². The molecule has 0 saturated carbocycles. The highest BCUT2D eigenvalue weighted by molar-refractivity contribution is 8.00. The molecule has 0 fully saturated rings. The molecule has 0 radical (unpaired) electrons. The summed E-state index contributed by atoms with van der Waals surface area (Å²) in [4.78, 5) is 0. The van der Waals surface area contributed by atoms with Gasteiger partial charge in [0.1, 0.15) is 0 Å². The molecule has 1 aliphatic heterocycles. The van der Waals surface area contributed by atoms with Crippen LogP contribution in [0.1, 0.15) is 13.8 Å². The molecular formula is C6H13NS. The van der Waals surface area contributed by atoms with Crippen LogP contribution in [0.2, 0.25) is 0 Å². The lowest BCUT2D eigenvalue weighted by molar-refractivity contribution is 0.650. The first kappa shape index (κ1) is 8.05. The highest BCUT2D eigenvalue weighted by Crippen LogP contribution is 2.13. The van der Waals surface area contributed by atoms with E-state index in [0.29, 0.717) is 0 Å². The topological polar surface area (TPSA) is 3.24 Å². The third kappa shape index (κ3) is 3.10. The highest BCUT2D eigenvalue weighted by atomic mass is 32.2. The number of nitrogens with zero attached hydrogens (tertiary/aromatic N) is 1. The fourth-order valence-electron chi connectivity index (χ4n) is 0.381. The van der Waals surface area contributed by atoms with E-state index in [1.807, 2.05) is 13.8 Å². The summed E-state index contributed by atoms with van der Waals surface area (Å²) in [5.74, 6) is 0. The Balaban J connectivity index is 0.000000222. The minimum absolute atomic E-state index is 1.10. The molecule has 2 heteroatoms. The average Bonchev–Trinajstić information content (AvgIpc) is 2.24. The summed E-state index contributed by atoms with van der Waals surface area (Å²) in [6.07, 6.45) is 2.14. The zero-order chi connectivity index (χ0) is 6.41. The lowest BCUT2D eigenvalue weighted by atomic mass is 10.6. The van der Waals surface area contributed by atoms with Crippen LogP contribution in [-0.4, -0.2) is 17.9 Å². The molecule has 0 aromatic heterocycles. The van der Waals surface area contributed by atoms with E-state index in [9.17, 15) is 0 Å². The quantitative estimate of drug-likeness (QED) is 0.463. The van der Waals surface area contributed by atoms with Crippen LogP contribution in [0, 0.1) is 0 Å². The summed E-state index contributed by atoms with van der Waals surface area (Å²) in [7, 11) is 2.07. The van der Waals surface area contributed by atoms with Gasteiger partial charge in [0.05, 0.1) is 0 Å². The van der Waals surface area contributed by atoms with E-state index in [-0.39, 0.29) is 0 Å². The van der Waals surface area contributed by atoms with Crippen LogP contribution in [0.3, 0.4) is 0 Å². The van der Waals surface area contributed by atoms with Crippen LogP contribution in [0.4, 0.5) is 0 Å². The van der Waals surface area contributed by atoms with Gasteiger partial charge in [0.2, 0.25) is 0 Å². The predicted octanol–water partition coefficient (Wildman–Crippen LogP) is 2.12. The van der Waals surface area contributed by atoms with Crippen molar-refractivity contribution in [1.82, 2.24) is 4.31 Å². The zero-order valence-corrected chi connectivity index (χ0v) is 6.53. The largest absolute Gasteiger partial charge is 0.246 e. The summed E-state index contributed by atoms with van der Waals surface area (Å²) >= 11 is 1.75. The van der Waals surface area contributed by atoms with Crippen molar-refractivity contribution in [2.24, 2.45) is 0 Å². The maximum atomic E-state index is 2.17. The maximum absolute atomic E-state index is 2.17. The molecule has 0 atom stereocenters. The molecule has 0 aromatic carbocycles. The van der Waals surface area contributed by atoms with Gasteiger partial charge >= 0.3 is 0 Å². The van der Waals surface area contributed by atoms with Gasteiger partial charge in [-0.2, -0.15) is 0 Å². The summed E-state index contributed by atoms with van der Waals surface area (Å²) in [5.41, 5.74) is 0. The van der Waals surface area contributed by atoms with Gasteiger partial charge in [0.25, 0.3) is 0 Å². The molecule has 0 bridgehead atoms. The third-order valence-corrected chi connectivity index (χ3v) is 1.52. The van der Waals surface area contributed by atoms with E-state index in [2.05, 4.69) is 22.8 Å². The Morgan fingerprint density at radius 3 is 2.25 bits per heavy atom. The fourth-order valence-corrected chi connectivity index (χ4v) is 0.933. The van der Waals surface area contributed by atoms with Crippen molar-refractivity contribution >= 4 is 11.9 Å². The van der Waals surface area contributed by atoms with Gasteiger partial charge in [-0.05, 0) is 12.5 Å². The predicted molar refractivity (Wildman–Crippen MR) is 40.7 cm³/mol. The molecule has 1 nitrogen and oxygen atoms in total. The van der Waals surface area contributed by atoms with Crippen LogP contribution in [0.5, 0.6) is 0 Å². The molecule has 0 spiro atoms. The summed E-state index contributed by atoms with van der Waals surface area (Å²) < 4.78 is 2.17. The second-order valence-electron chi connectivity index (χ2n) is 1.29. The van der Waals surface area contributed by atoms with Gasteiger partial charge in [-0.3, -0.25) is 0 Å². The Bertz CT molecular complexity index is 62.9. The van der Waals surface area contributed by atoms with E-state index in [1.165, 1.54) is 0 Å². The standard InChI is InChI=1S/C4H7NS.C2H6/c1-5-3-2-4-6-5;1-2/h2,4H,3H2,1H3;1-2H3. The van der Waals surface area contributed by atoms with Crippen molar-refractivity contribution in [2.75, 3.05) is 13.6 Å². The number of likely N-dealkylation sites (N-methyl/N-ethyl adjacent to an activating group) is 1. The zero-order valence-electron chi connectivity index (χ0n) is 5.72. The minimum Gasteiger partial charge on any atom is -0.246 e. The number of hydrogen-bond donors (Lipinski definition) is 0. The van der Waals surface area contributed by atoms with Crippen LogP contribution < -0.4 is 0 Å². The third-order valence-electron chi connectivity index (χ3n) is 0.700. The molecule has 0 amide bonds. The Morgan fingerprint density at radius 1 is 1.50 bits per heavy atom. The first-order valence-corrected chi connectivity index (χ1v) is 3.76. The van der Waals surface area contributed by atoms with Crippen molar-refractivity contribution in [3.8, 4) is 0 Å². The van der Waals surface area contributed by atoms with Crippen molar-refractivity contribution in [3.63, 3.8) is 0 Å². The summed E-state index contributed by atoms with van der Waals surface area (Å²) in [5, 5.41) is 2.10. The molecule has 1 heterocycles. The highest BCUT2D eigenvalue weighted by Gasteiger charge is 1.96. The first-order chi connectivity index (χ1) is 3.89. The Hall–Kier alpha value is 0.0500. The van der Waals surface area contributed by atoms with Gasteiger partial charge in [-0.25, -0.2) is 4.31 Å². The fraction of sp³-hybridized carbons (Fsp3) is 0.667. The molecule has 0 N–H and O–H groups in total. The number of rotatable bonds is 0. The van der Waals surface area contributed by atoms with E-state index >= 15 is 0 Å². The molecule has 48 valence electrons. The van der Waals surface area contributed by atoms with Crippen molar-refractivity contribution in [1.29, 1.82) is 0 Å². The van der Waals surface area contributed by atoms with Gasteiger partial charge in [-0.1, -0.05) is 31.9 Å². The minimum atomic E-state index is 1.10. The molecule has 0 aromatic rings. The van der Waals surface area contributed by atoms with Gasteiger partial charge < -0.3 is 0 Å². The smallest absolute Gasteiger partial charge is 0.0278 e. The lowest BCUT2D eigenvalue weighted by Crippen LogP contribution is -2.01. The summed E-state index contributed by atoms with van der Waals surface area (Å²) in [6, 6.07) is 0. The Kier molecular flexibility index (Phi) is 5.22. The average molecular weight is 131 g/mol. The van der Waals surface area contributed by atoms with E-state index in [0.717, 1.165) is 6.54 Å². The molecule has 0 unspecified atom stereocenters. The van der Waals surface area contributed by atoms with Crippen molar-refractivity contribution in [3.05, 3.63) is 11.5 Å². The normalized spacial score (nSPS) is 17.9. The van der Waals surface area contributed by atoms with Gasteiger partial charge in [0.15, 0.2) is 0 Å². The SMILES string of the molecule is CC.CN1CC=CS1. The van der Waals surface area contributed by atoms with Crippen molar-refractivity contribution in [2.45, 2.75) is 13.8 Å². The molecule has 8 heavy (non-hydrogen) atoms. The van der Waals surface area contributed by atoms with E-state index in [4.69, 9.17) is 0 Å². The van der Waals surface area contributed by atoms with Crippen LogP contribution in [0.15, 0.2) is 11.5 Å². The number of hydrogen-bond acceptors (Lipinski definition) is 2. The Labute approximate surface area is 55.9 Å². The monoisotopic (exact) mass is 131 g/mol. The Morgan fingerprint density at radius 2 is 2.12 bits per heavy atom. The van der Waals surface area contributed by atoms with Crippen LogP contribution in [-0.2, 0) is 0 Å². The lowest BCUT2D eigenvalue weighted by Gasteiger charge is -1.99. The van der Waals surface area contributed by atoms with Gasteiger partial charge in [-0.15, -0.1) is 0 Å². The second kappa shape index (κ2) is 5.19. The van der Waals surface area contributed by atoms with Crippen molar-refractivity contribution < 1.29 is 0 Å². The van der Waals surface area contributed by atoms with Gasteiger partial charge in [0, 0.05) is 6.54 Å². The maximum Gasteiger partial charge on any atom is 0.0278 e. The molecule has 1 aliphatic rings. The van der Waals surface area contributed by atoms with E-state index in [1.54, 1.807) is 11.9 Å². The molecule has 0 aliphatic carbocycles. The molecule has 0 saturated heterocycles.